The molecule has 0 unspecified atom stereocenters. The summed E-state index contributed by atoms with van der Waals surface area (Å²) in [4.78, 5) is 24.0. The predicted molar refractivity (Wildman–Crippen MR) is 78.3 cm³/mol. The normalized spacial score (nSPS) is 15.3. The Hall–Kier alpha value is -1.35. The van der Waals surface area contributed by atoms with E-state index in [1.807, 2.05) is 0 Å². The van der Waals surface area contributed by atoms with E-state index in [-0.39, 0.29) is 11.3 Å². The molecular formula is C16H19ClO3. The van der Waals surface area contributed by atoms with Crippen LogP contribution in [0, 0.1) is 5.92 Å². The van der Waals surface area contributed by atoms with Crippen molar-refractivity contribution in [1.29, 1.82) is 0 Å². The van der Waals surface area contributed by atoms with E-state index < -0.39 is 5.97 Å². The van der Waals surface area contributed by atoms with Gasteiger partial charge in [0.05, 0.1) is 12.7 Å². The van der Waals surface area contributed by atoms with Crippen molar-refractivity contribution in [2.24, 2.45) is 5.92 Å². The second kappa shape index (κ2) is 6.89. The van der Waals surface area contributed by atoms with Gasteiger partial charge in [-0.15, -0.1) is 0 Å². The number of ketones is 1. The number of carbonyl (C=O) groups is 2. The second-order valence-corrected chi connectivity index (χ2v) is 5.73. The molecule has 0 radical (unpaired) electrons. The van der Waals surface area contributed by atoms with Crippen LogP contribution < -0.4 is 0 Å². The molecule has 0 atom stereocenters. The van der Waals surface area contributed by atoms with Gasteiger partial charge in [-0.25, -0.2) is 4.79 Å². The van der Waals surface area contributed by atoms with Crippen LogP contribution in [0.1, 0.15) is 59.2 Å². The maximum absolute atomic E-state index is 12.3. The van der Waals surface area contributed by atoms with Crippen LogP contribution in [0.25, 0.3) is 0 Å². The molecule has 0 bridgehead atoms. The first-order valence-corrected chi connectivity index (χ1v) is 7.40. The number of hydrogen-bond acceptors (Lipinski definition) is 3. The summed E-state index contributed by atoms with van der Waals surface area (Å²) in [6.45, 7) is 0. The van der Waals surface area contributed by atoms with E-state index in [0.717, 1.165) is 6.42 Å². The Morgan fingerprint density at radius 2 is 1.95 bits per heavy atom. The molecule has 0 saturated heterocycles. The average molecular weight is 295 g/mol. The Morgan fingerprint density at radius 3 is 2.60 bits per heavy atom. The highest BCUT2D eigenvalue weighted by molar-refractivity contribution is 6.31. The highest BCUT2D eigenvalue weighted by atomic mass is 35.5. The molecule has 1 aromatic rings. The molecule has 20 heavy (non-hydrogen) atoms. The average Bonchev–Trinajstić information content (AvgIpc) is 2.97. The van der Waals surface area contributed by atoms with Crippen LogP contribution >= 0.6 is 11.6 Å². The Labute approximate surface area is 124 Å². The molecule has 1 fully saturated rings. The first kappa shape index (κ1) is 15.0. The van der Waals surface area contributed by atoms with Crippen LogP contribution in [0.15, 0.2) is 18.2 Å². The molecule has 108 valence electrons. The maximum atomic E-state index is 12.3. The van der Waals surface area contributed by atoms with Crippen molar-refractivity contribution in [3.8, 4) is 0 Å². The van der Waals surface area contributed by atoms with Crippen LogP contribution in [-0.4, -0.2) is 18.9 Å². The molecule has 3 nitrogen and oxygen atoms in total. The van der Waals surface area contributed by atoms with Gasteiger partial charge in [0.15, 0.2) is 5.78 Å². The van der Waals surface area contributed by atoms with E-state index in [9.17, 15) is 9.59 Å². The SMILES string of the molecule is COC(=O)c1cc(Cl)ccc1C(=O)CCC1CCCC1. The number of halogens is 1. The zero-order valence-electron chi connectivity index (χ0n) is 11.7. The van der Waals surface area contributed by atoms with Crippen molar-refractivity contribution in [2.75, 3.05) is 7.11 Å². The summed E-state index contributed by atoms with van der Waals surface area (Å²) in [6, 6.07) is 4.75. The van der Waals surface area contributed by atoms with Crippen LogP contribution in [-0.2, 0) is 4.74 Å². The summed E-state index contributed by atoms with van der Waals surface area (Å²) < 4.78 is 4.71. The predicted octanol–water partition coefficient (Wildman–Crippen LogP) is 4.28. The van der Waals surface area contributed by atoms with E-state index in [4.69, 9.17) is 16.3 Å². The highest BCUT2D eigenvalue weighted by Gasteiger charge is 2.20. The number of ether oxygens (including phenoxy) is 1. The van der Waals surface area contributed by atoms with Gasteiger partial charge in [0.1, 0.15) is 0 Å². The molecule has 1 aliphatic rings. The van der Waals surface area contributed by atoms with Gasteiger partial charge in [0.2, 0.25) is 0 Å². The van der Waals surface area contributed by atoms with Gasteiger partial charge >= 0.3 is 5.97 Å². The molecule has 0 spiro atoms. The lowest BCUT2D eigenvalue weighted by Gasteiger charge is -2.10. The Bertz CT molecular complexity index is 504. The van der Waals surface area contributed by atoms with Gasteiger partial charge in [0.25, 0.3) is 0 Å². The minimum atomic E-state index is -0.517. The lowest BCUT2D eigenvalue weighted by Crippen LogP contribution is -2.11. The largest absolute Gasteiger partial charge is 0.465 e. The summed E-state index contributed by atoms with van der Waals surface area (Å²) in [5.41, 5.74) is 0.677. The molecule has 1 saturated carbocycles. The summed E-state index contributed by atoms with van der Waals surface area (Å²) in [6.07, 6.45) is 6.37. The third kappa shape index (κ3) is 3.60. The molecule has 2 rings (SSSR count). The fraction of sp³-hybridized carbons (Fsp3) is 0.500. The number of benzene rings is 1. The Kier molecular flexibility index (Phi) is 5.18. The maximum Gasteiger partial charge on any atom is 0.338 e. The van der Waals surface area contributed by atoms with Crippen molar-refractivity contribution in [1.82, 2.24) is 0 Å². The monoisotopic (exact) mass is 294 g/mol. The molecule has 0 aromatic heterocycles. The number of rotatable bonds is 5. The summed E-state index contributed by atoms with van der Waals surface area (Å²) in [5, 5.41) is 0.428. The van der Waals surface area contributed by atoms with Crippen molar-refractivity contribution < 1.29 is 14.3 Å². The Morgan fingerprint density at radius 1 is 1.25 bits per heavy atom. The highest BCUT2D eigenvalue weighted by Crippen LogP contribution is 2.29. The second-order valence-electron chi connectivity index (χ2n) is 5.29. The molecule has 0 N–H and O–H groups in total. The lowest BCUT2D eigenvalue weighted by atomic mass is 9.95. The number of hydrogen-bond donors (Lipinski definition) is 0. The number of Topliss-reactive ketones (excluding diaryl/α,β-unsaturated/α-hetero) is 1. The van der Waals surface area contributed by atoms with Crippen LogP contribution in [0.3, 0.4) is 0 Å². The quantitative estimate of drug-likeness (QED) is 0.601. The topological polar surface area (TPSA) is 43.4 Å². The Balaban J connectivity index is 2.09. The summed E-state index contributed by atoms with van der Waals surface area (Å²) >= 11 is 5.88. The standard InChI is InChI=1S/C16H19ClO3/c1-20-16(19)14-10-12(17)7-8-13(14)15(18)9-6-11-4-2-3-5-11/h7-8,10-11H,2-6,9H2,1H3. The third-order valence-corrected chi connectivity index (χ3v) is 4.18. The zero-order valence-corrected chi connectivity index (χ0v) is 12.4. The van der Waals surface area contributed by atoms with E-state index in [0.29, 0.717) is 22.9 Å². The molecule has 0 aliphatic heterocycles. The van der Waals surface area contributed by atoms with E-state index >= 15 is 0 Å². The van der Waals surface area contributed by atoms with Crippen molar-refractivity contribution >= 4 is 23.4 Å². The van der Waals surface area contributed by atoms with E-state index in [1.54, 1.807) is 12.1 Å². The number of carbonyl (C=O) groups excluding carboxylic acids is 2. The smallest absolute Gasteiger partial charge is 0.338 e. The van der Waals surface area contributed by atoms with E-state index in [1.165, 1.54) is 38.9 Å². The minimum absolute atomic E-state index is 0.00559. The van der Waals surface area contributed by atoms with E-state index in [2.05, 4.69) is 0 Å². The summed E-state index contributed by atoms with van der Waals surface area (Å²) in [5.74, 6) is 0.138. The van der Waals surface area contributed by atoms with Crippen molar-refractivity contribution in [3.05, 3.63) is 34.3 Å². The minimum Gasteiger partial charge on any atom is -0.465 e. The summed E-state index contributed by atoms with van der Waals surface area (Å²) in [7, 11) is 1.30. The van der Waals surface area contributed by atoms with Gasteiger partial charge in [0, 0.05) is 17.0 Å². The fourth-order valence-electron chi connectivity index (χ4n) is 2.81. The van der Waals surface area contributed by atoms with Gasteiger partial charge in [-0.05, 0) is 30.5 Å². The number of methoxy groups -OCH3 is 1. The van der Waals surface area contributed by atoms with Crippen LogP contribution in [0.4, 0.5) is 0 Å². The van der Waals surface area contributed by atoms with Crippen molar-refractivity contribution in [3.63, 3.8) is 0 Å². The molecule has 4 heteroatoms. The third-order valence-electron chi connectivity index (χ3n) is 3.94. The van der Waals surface area contributed by atoms with Gasteiger partial charge in [-0.2, -0.15) is 0 Å². The van der Waals surface area contributed by atoms with Gasteiger partial charge < -0.3 is 4.74 Å². The molecular weight excluding hydrogens is 276 g/mol. The van der Waals surface area contributed by atoms with Crippen LogP contribution in [0.5, 0.6) is 0 Å². The first-order chi connectivity index (χ1) is 9.61. The lowest BCUT2D eigenvalue weighted by molar-refractivity contribution is 0.0596. The van der Waals surface area contributed by atoms with Crippen molar-refractivity contribution in [2.45, 2.75) is 38.5 Å². The molecule has 1 aromatic carbocycles. The fourth-order valence-corrected chi connectivity index (χ4v) is 2.98. The van der Waals surface area contributed by atoms with Gasteiger partial charge in [-0.1, -0.05) is 37.3 Å². The first-order valence-electron chi connectivity index (χ1n) is 7.03. The van der Waals surface area contributed by atoms with Crippen LogP contribution in [0.2, 0.25) is 5.02 Å². The zero-order chi connectivity index (χ0) is 14.5. The molecule has 1 aliphatic carbocycles. The molecule has 0 amide bonds. The van der Waals surface area contributed by atoms with Gasteiger partial charge in [-0.3, -0.25) is 4.79 Å². The number of esters is 1. The molecule has 0 heterocycles.